The number of likely N-dealkylation sites (tertiary alicyclic amines) is 1. The number of piperidine rings is 1. The molecule has 2 amide bonds. The zero-order chi connectivity index (χ0) is 15.6. The molecule has 1 aliphatic heterocycles. The van der Waals surface area contributed by atoms with Crippen LogP contribution >= 0.6 is 0 Å². The van der Waals surface area contributed by atoms with Crippen LogP contribution in [0.15, 0.2) is 24.3 Å². The molecule has 21 heavy (non-hydrogen) atoms. The molecule has 0 aliphatic carbocycles. The van der Waals surface area contributed by atoms with Gasteiger partial charge < -0.3 is 15.7 Å². The third kappa shape index (κ3) is 3.21. The Hall–Kier alpha value is -2.37. The summed E-state index contributed by atoms with van der Waals surface area (Å²) in [4.78, 5) is 36.2. The van der Waals surface area contributed by atoms with Gasteiger partial charge in [-0.3, -0.25) is 9.59 Å². The Morgan fingerprint density at radius 2 is 1.71 bits per heavy atom. The normalized spacial score (nSPS) is 21.9. The molecule has 112 valence electrons. The standard InChI is InChI=1S/C15H18N2O4/c1-9-2-3-12(13(16)18)8-17(9)14(19)10-4-6-11(7-5-10)15(20)21/h4-7,9,12H,2-3,8H2,1H3,(H2,16,18)(H,20,21)/t9-,12-/m0/s1. The first-order chi connectivity index (χ1) is 9.90. The van der Waals surface area contributed by atoms with Gasteiger partial charge in [-0.15, -0.1) is 0 Å². The lowest BCUT2D eigenvalue weighted by Gasteiger charge is -2.37. The fraction of sp³-hybridized carbons (Fsp3) is 0.400. The van der Waals surface area contributed by atoms with Crippen molar-refractivity contribution in [1.29, 1.82) is 0 Å². The summed E-state index contributed by atoms with van der Waals surface area (Å²) >= 11 is 0. The Morgan fingerprint density at radius 3 is 2.24 bits per heavy atom. The third-order valence-electron chi connectivity index (χ3n) is 3.92. The number of primary amides is 1. The van der Waals surface area contributed by atoms with Gasteiger partial charge in [-0.1, -0.05) is 0 Å². The average molecular weight is 290 g/mol. The number of nitrogens with two attached hydrogens (primary N) is 1. The van der Waals surface area contributed by atoms with Crippen molar-refractivity contribution < 1.29 is 19.5 Å². The molecule has 0 unspecified atom stereocenters. The van der Waals surface area contributed by atoms with Gasteiger partial charge in [0.15, 0.2) is 0 Å². The van der Waals surface area contributed by atoms with Crippen LogP contribution in [0.3, 0.4) is 0 Å². The number of benzene rings is 1. The van der Waals surface area contributed by atoms with Gasteiger partial charge in [0, 0.05) is 18.2 Å². The maximum atomic E-state index is 12.5. The molecular formula is C15H18N2O4. The topological polar surface area (TPSA) is 101 Å². The van der Waals surface area contributed by atoms with Gasteiger partial charge in [0.1, 0.15) is 0 Å². The van der Waals surface area contributed by atoms with E-state index < -0.39 is 5.97 Å². The lowest BCUT2D eigenvalue weighted by molar-refractivity contribution is -0.123. The highest BCUT2D eigenvalue weighted by Crippen LogP contribution is 2.23. The van der Waals surface area contributed by atoms with Crippen molar-refractivity contribution in [2.45, 2.75) is 25.8 Å². The van der Waals surface area contributed by atoms with Gasteiger partial charge >= 0.3 is 5.97 Å². The van der Waals surface area contributed by atoms with Crippen LogP contribution in [0.1, 0.15) is 40.5 Å². The minimum atomic E-state index is -1.03. The van der Waals surface area contributed by atoms with Crippen molar-refractivity contribution in [3.05, 3.63) is 35.4 Å². The molecule has 0 spiro atoms. The maximum Gasteiger partial charge on any atom is 0.335 e. The van der Waals surface area contributed by atoms with Gasteiger partial charge in [0.25, 0.3) is 5.91 Å². The molecule has 3 N–H and O–H groups in total. The molecule has 2 rings (SSSR count). The number of hydrogen-bond donors (Lipinski definition) is 2. The highest BCUT2D eigenvalue weighted by molar-refractivity contribution is 5.96. The van der Waals surface area contributed by atoms with Crippen LogP contribution < -0.4 is 5.73 Å². The van der Waals surface area contributed by atoms with Gasteiger partial charge in [0.05, 0.1) is 11.5 Å². The summed E-state index contributed by atoms with van der Waals surface area (Å²) in [6.07, 6.45) is 1.42. The van der Waals surface area contributed by atoms with Crippen LogP contribution in [0.4, 0.5) is 0 Å². The fourth-order valence-electron chi connectivity index (χ4n) is 2.54. The SMILES string of the molecule is C[C@H]1CC[C@H](C(N)=O)CN1C(=O)c1ccc(C(=O)O)cc1. The van der Waals surface area contributed by atoms with Crippen molar-refractivity contribution in [1.82, 2.24) is 4.90 Å². The van der Waals surface area contributed by atoms with Crippen molar-refractivity contribution >= 4 is 17.8 Å². The highest BCUT2D eigenvalue weighted by atomic mass is 16.4. The predicted molar refractivity (Wildman–Crippen MR) is 75.8 cm³/mol. The zero-order valence-corrected chi connectivity index (χ0v) is 11.8. The molecule has 1 fully saturated rings. The first kappa shape index (κ1) is 15.0. The first-order valence-electron chi connectivity index (χ1n) is 6.83. The second-order valence-electron chi connectivity index (χ2n) is 5.37. The lowest BCUT2D eigenvalue weighted by Crippen LogP contribution is -2.48. The summed E-state index contributed by atoms with van der Waals surface area (Å²) in [6.45, 7) is 2.25. The van der Waals surface area contributed by atoms with E-state index in [-0.39, 0.29) is 29.3 Å². The first-order valence-corrected chi connectivity index (χ1v) is 6.83. The molecule has 1 aromatic rings. The van der Waals surface area contributed by atoms with E-state index >= 15 is 0 Å². The summed E-state index contributed by atoms with van der Waals surface area (Å²) < 4.78 is 0. The van der Waals surface area contributed by atoms with E-state index in [4.69, 9.17) is 10.8 Å². The molecule has 2 atom stereocenters. The molecule has 1 aromatic carbocycles. The minimum Gasteiger partial charge on any atom is -0.478 e. The molecule has 6 nitrogen and oxygen atoms in total. The summed E-state index contributed by atoms with van der Waals surface area (Å²) in [5.74, 6) is -1.94. The fourth-order valence-corrected chi connectivity index (χ4v) is 2.54. The summed E-state index contributed by atoms with van der Waals surface area (Å²) in [6, 6.07) is 5.82. The number of carboxylic acids is 1. The summed E-state index contributed by atoms with van der Waals surface area (Å²) in [5.41, 5.74) is 5.87. The smallest absolute Gasteiger partial charge is 0.335 e. The number of amides is 2. The Kier molecular flexibility index (Phi) is 4.26. The third-order valence-corrected chi connectivity index (χ3v) is 3.92. The van der Waals surface area contributed by atoms with E-state index in [0.717, 1.165) is 6.42 Å². The van der Waals surface area contributed by atoms with E-state index in [9.17, 15) is 14.4 Å². The number of aromatic carboxylic acids is 1. The zero-order valence-electron chi connectivity index (χ0n) is 11.8. The van der Waals surface area contributed by atoms with Crippen LogP contribution in [-0.2, 0) is 4.79 Å². The van der Waals surface area contributed by atoms with Gasteiger partial charge in [-0.05, 0) is 44.0 Å². The van der Waals surface area contributed by atoms with Gasteiger partial charge in [-0.25, -0.2) is 4.79 Å². The molecule has 0 saturated carbocycles. The second kappa shape index (κ2) is 5.95. The van der Waals surface area contributed by atoms with E-state index in [2.05, 4.69) is 0 Å². The van der Waals surface area contributed by atoms with E-state index in [1.165, 1.54) is 24.3 Å². The van der Waals surface area contributed by atoms with Gasteiger partial charge in [-0.2, -0.15) is 0 Å². The van der Waals surface area contributed by atoms with Crippen LogP contribution in [0, 0.1) is 5.92 Å². The molecule has 6 heteroatoms. The van der Waals surface area contributed by atoms with Gasteiger partial charge in [0.2, 0.25) is 5.91 Å². The second-order valence-corrected chi connectivity index (χ2v) is 5.37. The van der Waals surface area contributed by atoms with Crippen molar-refractivity contribution in [2.75, 3.05) is 6.54 Å². The van der Waals surface area contributed by atoms with Crippen LogP contribution in [0.25, 0.3) is 0 Å². The molecule has 0 radical (unpaired) electrons. The van der Waals surface area contributed by atoms with Crippen molar-refractivity contribution in [2.24, 2.45) is 11.7 Å². The van der Waals surface area contributed by atoms with Crippen LogP contribution in [-0.4, -0.2) is 40.4 Å². The Morgan fingerprint density at radius 1 is 1.14 bits per heavy atom. The monoisotopic (exact) mass is 290 g/mol. The minimum absolute atomic E-state index is 0.0345. The van der Waals surface area contributed by atoms with Crippen molar-refractivity contribution in [3.8, 4) is 0 Å². The summed E-state index contributed by atoms with van der Waals surface area (Å²) in [5, 5.41) is 8.85. The molecule has 1 heterocycles. The number of carboxylic acid groups (broad SMARTS) is 1. The Bertz CT molecular complexity index is 568. The highest BCUT2D eigenvalue weighted by Gasteiger charge is 2.32. The number of carbonyl (C=O) groups is 3. The number of hydrogen-bond acceptors (Lipinski definition) is 3. The Balaban J connectivity index is 2.17. The average Bonchev–Trinajstić information content (AvgIpc) is 2.47. The van der Waals surface area contributed by atoms with E-state index in [1.807, 2.05) is 6.92 Å². The molecular weight excluding hydrogens is 272 g/mol. The van der Waals surface area contributed by atoms with Crippen LogP contribution in [0.2, 0.25) is 0 Å². The van der Waals surface area contributed by atoms with Crippen molar-refractivity contribution in [3.63, 3.8) is 0 Å². The molecule has 1 saturated heterocycles. The molecule has 0 aromatic heterocycles. The largest absolute Gasteiger partial charge is 0.478 e. The Labute approximate surface area is 122 Å². The van der Waals surface area contributed by atoms with Crippen LogP contribution in [0.5, 0.6) is 0 Å². The predicted octanol–water partition coefficient (Wildman–Crippen LogP) is 1.11. The lowest BCUT2D eigenvalue weighted by atomic mass is 9.92. The quantitative estimate of drug-likeness (QED) is 0.870. The number of carbonyl (C=O) groups excluding carboxylic acids is 2. The maximum absolute atomic E-state index is 12.5. The van der Waals surface area contributed by atoms with E-state index in [0.29, 0.717) is 18.5 Å². The number of nitrogens with zero attached hydrogens (tertiary/aromatic N) is 1. The number of rotatable bonds is 3. The molecule has 0 bridgehead atoms. The molecule has 1 aliphatic rings. The van der Waals surface area contributed by atoms with E-state index in [1.54, 1.807) is 4.90 Å². The summed E-state index contributed by atoms with van der Waals surface area (Å²) in [7, 11) is 0.